The molecule has 1 aromatic rings. The van der Waals surface area contributed by atoms with Gasteiger partial charge in [0.25, 0.3) is 0 Å². The Morgan fingerprint density at radius 3 is 2.25 bits per heavy atom. The van der Waals surface area contributed by atoms with Crippen molar-refractivity contribution in [3.8, 4) is 5.75 Å². The molecular weight excluding hydrogens is 547 g/mol. The van der Waals surface area contributed by atoms with Crippen LogP contribution in [0.2, 0.25) is 13.3 Å². The molecule has 0 amide bonds. The number of hydrogen-bond donors (Lipinski definition) is 1. The number of unbranched alkanes of at least 4 members (excludes halogenated alkanes) is 3. The Balaban J connectivity index is 1.58. The second kappa shape index (κ2) is 12.1. The molecule has 2 fully saturated rings. The number of methoxy groups -OCH3 is 1. The molecule has 3 aliphatic rings. The molecule has 0 radical (unpaired) electrons. The normalized spacial score (nSPS) is 31.8. The van der Waals surface area contributed by atoms with Gasteiger partial charge in [0.1, 0.15) is 0 Å². The summed E-state index contributed by atoms with van der Waals surface area (Å²) >= 11 is -2.42. The second-order valence-electron chi connectivity index (χ2n) is 12.9. The first-order valence-corrected chi connectivity index (χ1v) is 23.1. The monoisotopic (exact) mass is 602 g/mol. The minimum atomic E-state index is -2.42. The van der Waals surface area contributed by atoms with E-state index in [2.05, 4.69) is 56.1 Å². The van der Waals surface area contributed by atoms with Crippen LogP contribution in [0.3, 0.4) is 0 Å². The van der Waals surface area contributed by atoms with Crippen LogP contribution in [-0.4, -0.2) is 36.2 Å². The summed E-state index contributed by atoms with van der Waals surface area (Å²) in [5.74, 6) is 3.03. The summed E-state index contributed by atoms with van der Waals surface area (Å²) in [6.07, 6.45) is 17.5. The van der Waals surface area contributed by atoms with Crippen LogP contribution in [0.4, 0.5) is 0 Å². The Kier molecular flexibility index (Phi) is 9.62. The molecule has 202 valence electrons. The van der Waals surface area contributed by atoms with Gasteiger partial charge in [-0.1, -0.05) is 0 Å². The standard InChI is InChI=1S/C21H27O2.3C4H9.Sn/c1-4-21(22)12-10-19-18-7-5-14-13-15(23-3)6-8-16(14)17(18)9-11-20(19,21)2;3*1-3-4-2;/h1,4,6,8,13,17-19,22H,5,7,9-12H2,2-3H3;3*1,3-4H2,2H3;/t17-,18-,19+,20+,21+;;;;/m1..../s1. The molecule has 0 spiro atoms. The molecule has 0 bridgehead atoms. The van der Waals surface area contributed by atoms with Gasteiger partial charge in [0.15, 0.2) is 0 Å². The minimum absolute atomic E-state index is 0.0342. The maximum atomic E-state index is 12.4. The van der Waals surface area contributed by atoms with E-state index in [1.165, 1.54) is 83.1 Å². The molecule has 0 heterocycles. The molecule has 1 N–H and O–H groups in total. The molecule has 0 saturated heterocycles. The van der Waals surface area contributed by atoms with Crippen molar-refractivity contribution in [3.05, 3.63) is 39.5 Å². The molecule has 3 heteroatoms. The fourth-order valence-electron chi connectivity index (χ4n) is 8.54. The van der Waals surface area contributed by atoms with Gasteiger partial charge in [-0.05, 0) is 0 Å². The van der Waals surface area contributed by atoms with Crippen LogP contribution >= 0.6 is 0 Å². The van der Waals surface area contributed by atoms with Crippen molar-refractivity contribution < 1.29 is 9.84 Å². The van der Waals surface area contributed by atoms with Gasteiger partial charge in [0, 0.05) is 0 Å². The summed E-state index contributed by atoms with van der Waals surface area (Å²) in [6.45, 7) is 9.53. The Bertz CT molecular complexity index is 872. The summed E-state index contributed by atoms with van der Waals surface area (Å²) < 4.78 is 12.7. The van der Waals surface area contributed by atoms with Crippen molar-refractivity contribution >= 4 is 18.4 Å². The molecule has 3 aliphatic carbocycles. The van der Waals surface area contributed by atoms with Crippen molar-refractivity contribution in [1.29, 1.82) is 0 Å². The van der Waals surface area contributed by atoms with Crippen LogP contribution in [0.25, 0.3) is 0 Å². The molecule has 5 atom stereocenters. The molecule has 2 nitrogen and oxygen atoms in total. The van der Waals surface area contributed by atoms with Gasteiger partial charge in [-0.2, -0.15) is 0 Å². The zero-order valence-corrected chi connectivity index (χ0v) is 26.9. The van der Waals surface area contributed by atoms with E-state index < -0.39 is 24.0 Å². The summed E-state index contributed by atoms with van der Waals surface area (Å²) in [5.41, 5.74) is 2.52. The summed E-state index contributed by atoms with van der Waals surface area (Å²) in [4.78, 5) is 0. The van der Waals surface area contributed by atoms with E-state index in [1.807, 2.05) is 0 Å². The SMILES string of the molecule is CCC[CH2][Sn](/[CH]=C/[C@]1(O)CC[C@H]2[C@@H]3CCc4cc(OC)ccc4[C@H]3CC[C@@]21C)([CH2]CCC)[CH2]CCC. The average Bonchev–Trinajstić information content (AvgIpc) is 3.18. The van der Waals surface area contributed by atoms with Gasteiger partial charge in [0.05, 0.1) is 7.11 Å². The van der Waals surface area contributed by atoms with Crippen LogP contribution < -0.4 is 4.74 Å². The average molecular weight is 602 g/mol. The first-order valence-electron chi connectivity index (χ1n) is 15.4. The number of fused-ring (bicyclic) bond motifs is 5. The predicted molar refractivity (Wildman–Crippen MR) is 157 cm³/mol. The van der Waals surface area contributed by atoms with Gasteiger partial charge < -0.3 is 0 Å². The van der Waals surface area contributed by atoms with Gasteiger partial charge in [-0.25, -0.2) is 0 Å². The zero-order valence-electron chi connectivity index (χ0n) is 24.1. The first kappa shape index (κ1) is 28.5. The van der Waals surface area contributed by atoms with E-state index >= 15 is 0 Å². The van der Waals surface area contributed by atoms with E-state index in [4.69, 9.17) is 4.74 Å². The van der Waals surface area contributed by atoms with Crippen LogP contribution in [0.5, 0.6) is 5.75 Å². The molecule has 2 saturated carbocycles. The van der Waals surface area contributed by atoms with Crippen molar-refractivity contribution in [1.82, 2.24) is 0 Å². The number of ether oxygens (including phenoxy) is 1. The Morgan fingerprint density at radius 1 is 0.972 bits per heavy atom. The summed E-state index contributed by atoms with van der Waals surface area (Å²) in [6, 6.07) is 6.80. The number of aryl methyl sites for hydroxylation is 1. The third-order valence-electron chi connectivity index (χ3n) is 10.9. The Labute approximate surface area is 226 Å². The van der Waals surface area contributed by atoms with Gasteiger partial charge in [-0.3, -0.25) is 0 Å². The Hall–Kier alpha value is -0.481. The van der Waals surface area contributed by atoms with Crippen LogP contribution in [0, 0.1) is 17.3 Å². The van der Waals surface area contributed by atoms with Crippen molar-refractivity contribution in [2.24, 2.45) is 17.3 Å². The topological polar surface area (TPSA) is 29.5 Å². The quantitative estimate of drug-likeness (QED) is 0.242. The van der Waals surface area contributed by atoms with E-state index in [0.717, 1.165) is 24.5 Å². The first-order chi connectivity index (χ1) is 17.3. The van der Waals surface area contributed by atoms with E-state index in [9.17, 15) is 5.11 Å². The van der Waals surface area contributed by atoms with E-state index in [1.54, 1.807) is 12.7 Å². The van der Waals surface area contributed by atoms with Crippen molar-refractivity contribution in [3.63, 3.8) is 0 Å². The number of rotatable bonds is 12. The van der Waals surface area contributed by atoms with Gasteiger partial charge >= 0.3 is 220 Å². The molecule has 0 aliphatic heterocycles. The molecule has 36 heavy (non-hydrogen) atoms. The fraction of sp³-hybridized carbons (Fsp3) is 0.758. The molecule has 0 aromatic heterocycles. The second-order valence-corrected chi connectivity index (χ2v) is 25.9. The number of benzene rings is 1. The van der Waals surface area contributed by atoms with E-state index in [-0.39, 0.29) is 5.41 Å². The summed E-state index contributed by atoms with van der Waals surface area (Å²) in [7, 11) is 1.78. The van der Waals surface area contributed by atoms with Crippen molar-refractivity contribution in [2.45, 2.75) is 130 Å². The predicted octanol–water partition coefficient (Wildman–Crippen LogP) is 9.23. The van der Waals surface area contributed by atoms with Gasteiger partial charge in [-0.15, -0.1) is 0 Å². The fourth-order valence-corrected chi connectivity index (χ4v) is 23.0. The summed E-state index contributed by atoms with van der Waals surface area (Å²) in [5, 5.41) is 12.4. The van der Waals surface area contributed by atoms with Crippen LogP contribution in [-0.2, 0) is 6.42 Å². The third kappa shape index (κ3) is 5.47. The number of aliphatic hydroxyl groups is 1. The third-order valence-corrected chi connectivity index (χ3v) is 25.0. The van der Waals surface area contributed by atoms with Crippen LogP contribution in [0.1, 0.15) is 115 Å². The van der Waals surface area contributed by atoms with Crippen molar-refractivity contribution in [2.75, 3.05) is 7.11 Å². The maximum absolute atomic E-state index is 12.4. The molecule has 1 aromatic carbocycles. The molecule has 0 unspecified atom stereocenters. The van der Waals surface area contributed by atoms with Gasteiger partial charge in [0.2, 0.25) is 0 Å². The van der Waals surface area contributed by atoms with E-state index in [0.29, 0.717) is 11.8 Å². The number of hydrogen-bond acceptors (Lipinski definition) is 2. The molecular formula is C33H54O2Sn. The molecule has 4 rings (SSSR count). The van der Waals surface area contributed by atoms with Crippen LogP contribution in [0.15, 0.2) is 28.4 Å². The zero-order chi connectivity index (χ0) is 25.8. The Morgan fingerprint density at radius 2 is 1.64 bits per heavy atom.